The van der Waals surface area contributed by atoms with E-state index in [1.54, 1.807) is 42.7 Å². The van der Waals surface area contributed by atoms with Gasteiger partial charge in [-0.15, -0.1) is 0 Å². The topological polar surface area (TPSA) is 58.1 Å². The lowest BCUT2D eigenvalue weighted by atomic mass is 10.2. The Labute approximate surface area is 164 Å². The first-order chi connectivity index (χ1) is 13.0. The standard InChI is InChI=1S/C21H21ClN4O/c1-15-13-18(22)4-5-19(15)25-20-6-3-17(14-24-20)21(27)26(2)12-9-16-7-10-23-11-8-16/h3-8,10-11,13-14H,9,12H2,1-2H3,(H,24,25). The number of nitrogens with one attached hydrogen (secondary N) is 1. The van der Waals surface area contributed by atoms with Gasteiger partial charge in [0, 0.05) is 42.9 Å². The summed E-state index contributed by atoms with van der Waals surface area (Å²) in [7, 11) is 1.80. The summed E-state index contributed by atoms with van der Waals surface area (Å²) < 4.78 is 0. The molecule has 6 heteroatoms. The second kappa shape index (κ2) is 8.64. The minimum atomic E-state index is -0.0502. The third kappa shape index (κ3) is 5.05. The Hall–Kier alpha value is -2.92. The van der Waals surface area contributed by atoms with Gasteiger partial charge in [0.25, 0.3) is 5.91 Å². The number of rotatable bonds is 6. The first-order valence-electron chi connectivity index (χ1n) is 8.66. The van der Waals surface area contributed by atoms with Gasteiger partial charge in [0.2, 0.25) is 0 Å². The maximum atomic E-state index is 12.6. The Kier molecular flexibility index (Phi) is 6.04. The number of carbonyl (C=O) groups excluding carboxylic acids is 1. The summed E-state index contributed by atoms with van der Waals surface area (Å²) in [6.45, 7) is 2.61. The van der Waals surface area contributed by atoms with Crippen LogP contribution < -0.4 is 5.32 Å². The Balaban J connectivity index is 1.61. The van der Waals surface area contributed by atoms with Crippen LogP contribution in [0.15, 0.2) is 61.1 Å². The number of aryl methyl sites for hydroxylation is 1. The molecule has 0 atom stereocenters. The average molecular weight is 381 g/mol. The van der Waals surface area contributed by atoms with Gasteiger partial charge in [0.15, 0.2) is 0 Å². The van der Waals surface area contributed by atoms with E-state index in [1.807, 2.05) is 37.3 Å². The summed E-state index contributed by atoms with van der Waals surface area (Å²) in [5, 5.41) is 3.94. The lowest BCUT2D eigenvalue weighted by Gasteiger charge is -2.17. The number of hydrogen-bond acceptors (Lipinski definition) is 4. The summed E-state index contributed by atoms with van der Waals surface area (Å²) >= 11 is 5.98. The van der Waals surface area contributed by atoms with Gasteiger partial charge in [0.05, 0.1) is 5.56 Å². The molecule has 0 aliphatic rings. The molecule has 0 fully saturated rings. The van der Waals surface area contributed by atoms with Crippen LogP contribution in [0.1, 0.15) is 21.5 Å². The molecule has 1 amide bonds. The highest BCUT2D eigenvalue weighted by Gasteiger charge is 2.12. The van der Waals surface area contributed by atoms with Crippen molar-refractivity contribution in [2.24, 2.45) is 0 Å². The largest absolute Gasteiger partial charge is 0.341 e. The molecule has 5 nitrogen and oxygen atoms in total. The Morgan fingerprint density at radius 3 is 2.59 bits per heavy atom. The number of nitrogens with zero attached hydrogens (tertiary/aromatic N) is 3. The Morgan fingerprint density at radius 2 is 1.93 bits per heavy atom. The van der Waals surface area contributed by atoms with Gasteiger partial charge in [-0.2, -0.15) is 0 Å². The molecule has 3 rings (SSSR count). The van der Waals surface area contributed by atoms with Crippen LogP contribution in [0.5, 0.6) is 0 Å². The monoisotopic (exact) mass is 380 g/mol. The molecule has 0 aliphatic heterocycles. The van der Waals surface area contributed by atoms with Crippen LogP contribution in [0.3, 0.4) is 0 Å². The molecule has 0 radical (unpaired) electrons. The van der Waals surface area contributed by atoms with E-state index in [2.05, 4.69) is 15.3 Å². The van der Waals surface area contributed by atoms with E-state index in [1.165, 1.54) is 0 Å². The predicted octanol–water partition coefficient (Wildman–Crippen LogP) is 4.50. The lowest BCUT2D eigenvalue weighted by molar-refractivity contribution is 0.0796. The lowest BCUT2D eigenvalue weighted by Crippen LogP contribution is -2.28. The molecule has 0 aliphatic carbocycles. The van der Waals surface area contributed by atoms with Crippen LogP contribution >= 0.6 is 11.6 Å². The minimum absolute atomic E-state index is 0.0502. The summed E-state index contributed by atoms with van der Waals surface area (Å²) in [4.78, 5) is 22.6. The average Bonchev–Trinajstić information content (AvgIpc) is 2.69. The number of pyridine rings is 2. The number of hydrogen-bond donors (Lipinski definition) is 1. The van der Waals surface area contributed by atoms with Crippen molar-refractivity contribution in [2.45, 2.75) is 13.3 Å². The molecule has 0 saturated carbocycles. The minimum Gasteiger partial charge on any atom is -0.341 e. The molecule has 1 aromatic carbocycles. The molecular weight excluding hydrogens is 360 g/mol. The highest BCUT2D eigenvalue weighted by atomic mass is 35.5. The predicted molar refractivity (Wildman–Crippen MR) is 109 cm³/mol. The molecule has 2 aromatic heterocycles. The summed E-state index contributed by atoms with van der Waals surface area (Å²) in [5.41, 5.74) is 3.67. The molecule has 27 heavy (non-hydrogen) atoms. The normalized spacial score (nSPS) is 10.5. The van der Waals surface area contributed by atoms with Gasteiger partial charge < -0.3 is 10.2 Å². The zero-order valence-corrected chi connectivity index (χ0v) is 16.1. The highest BCUT2D eigenvalue weighted by molar-refractivity contribution is 6.30. The van der Waals surface area contributed by atoms with E-state index in [0.29, 0.717) is 22.9 Å². The SMILES string of the molecule is Cc1cc(Cl)ccc1Nc1ccc(C(=O)N(C)CCc2ccncc2)cn1. The van der Waals surface area contributed by atoms with E-state index in [4.69, 9.17) is 11.6 Å². The smallest absolute Gasteiger partial charge is 0.255 e. The second-order valence-corrected chi connectivity index (χ2v) is 6.78. The number of benzene rings is 1. The van der Waals surface area contributed by atoms with Crippen LogP contribution in [0.4, 0.5) is 11.5 Å². The van der Waals surface area contributed by atoms with Crippen LogP contribution in [-0.2, 0) is 6.42 Å². The van der Waals surface area contributed by atoms with Crippen molar-refractivity contribution in [3.63, 3.8) is 0 Å². The van der Waals surface area contributed by atoms with Crippen LogP contribution in [-0.4, -0.2) is 34.4 Å². The summed E-state index contributed by atoms with van der Waals surface area (Å²) in [6, 6.07) is 13.1. The zero-order valence-electron chi connectivity index (χ0n) is 15.3. The van der Waals surface area contributed by atoms with E-state index in [9.17, 15) is 4.79 Å². The van der Waals surface area contributed by atoms with Gasteiger partial charge in [-0.25, -0.2) is 4.98 Å². The van der Waals surface area contributed by atoms with E-state index in [-0.39, 0.29) is 5.91 Å². The molecule has 0 unspecified atom stereocenters. The van der Waals surface area contributed by atoms with E-state index in [0.717, 1.165) is 23.2 Å². The highest BCUT2D eigenvalue weighted by Crippen LogP contribution is 2.22. The first kappa shape index (κ1) is 18.9. The van der Waals surface area contributed by atoms with E-state index >= 15 is 0 Å². The summed E-state index contributed by atoms with van der Waals surface area (Å²) in [6.07, 6.45) is 5.90. The number of halogens is 1. The number of carbonyl (C=O) groups is 1. The second-order valence-electron chi connectivity index (χ2n) is 6.35. The third-order valence-corrected chi connectivity index (χ3v) is 4.53. The van der Waals surface area contributed by atoms with Gasteiger partial charge in [0.1, 0.15) is 5.82 Å². The van der Waals surface area contributed by atoms with Gasteiger partial charge in [-0.05, 0) is 66.9 Å². The van der Waals surface area contributed by atoms with Crippen LogP contribution in [0, 0.1) is 6.92 Å². The fourth-order valence-corrected chi connectivity index (χ4v) is 2.89. The van der Waals surface area contributed by atoms with Crippen molar-refractivity contribution in [1.82, 2.24) is 14.9 Å². The van der Waals surface area contributed by atoms with Gasteiger partial charge in [-0.3, -0.25) is 9.78 Å². The first-order valence-corrected chi connectivity index (χ1v) is 9.04. The Morgan fingerprint density at radius 1 is 1.15 bits per heavy atom. The summed E-state index contributed by atoms with van der Waals surface area (Å²) in [5.74, 6) is 0.627. The third-order valence-electron chi connectivity index (χ3n) is 4.29. The molecule has 0 bridgehead atoms. The number of likely N-dealkylation sites (N-methyl/N-ethyl adjacent to an activating group) is 1. The van der Waals surface area contributed by atoms with Crippen molar-refractivity contribution in [3.8, 4) is 0 Å². The number of amides is 1. The molecule has 2 heterocycles. The fraction of sp³-hybridized carbons (Fsp3) is 0.190. The Bertz CT molecular complexity index is 913. The van der Waals surface area contributed by atoms with E-state index < -0.39 is 0 Å². The van der Waals surface area contributed by atoms with Crippen molar-refractivity contribution in [1.29, 1.82) is 0 Å². The van der Waals surface area contributed by atoms with Crippen molar-refractivity contribution in [2.75, 3.05) is 18.9 Å². The zero-order chi connectivity index (χ0) is 19.2. The molecule has 1 N–H and O–H groups in total. The molecule has 0 saturated heterocycles. The fourth-order valence-electron chi connectivity index (χ4n) is 2.67. The van der Waals surface area contributed by atoms with Gasteiger partial charge in [-0.1, -0.05) is 11.6 Å². The number of aromatic nitrogens is 2. The van der Waals surface area contributed by atoms with Crippen LogP contribution in [0.2, 0.25) is 5.02 Å². The maximum Gasteiger partial charge on any atom is 0.255 e. The quantitative estimate of drug-likeness (QED) is 0.684. The van der Waals surface area contributed by atoms with Crippen molar-refractivity contribution in [3.05, 3.63) is 82.8 Å². The molecule has 0 spiro atoms. The number of anilines is 2. The van der Waals surface area contributed by atoms with Crippen molar-refractivity contribution >= 4 is 29.0 Å². The van der Waals surface area contributed by atoms with Crippen LogP contribution in [0.25, 0.3) is 0 Å². The van der Waals surface area contributed by atoms with Crippen molar-refractivity contribution < 1.29 is 4.79 Å². The van der Waals surface area contributed by atoms with Gasteiger partial charge >= 0.3 is 0 Å². The molecule has 138 valence electrons. The molecular formula is C21H21ClN4O. The molecule has 3 aromatic rings. The maximum absolute atomic E-state index is 12.6.